The van der Waals surface area contributed by atoms with Gasteiger partial charge in [-0.15, -0.1) is 4.73 Å². The van der Waals surface area contributed by atoms with Crippen molar-refractivity contribution in [3.8, 4) is 23.2 Å². The molecule has 6 rings (SSSR count). The number of azo groups is 1. The van der Waals surface area contributed by atoms with Gasteiger partial charge < -0.3 is 36.9 Å². The summed E-state index contributed by atoms with van der Waals surface area (Å²) >= 11 is 0. The number of nitrogen functional groups attached to an aromatic ring is 2. The van der Waals surface area contributed by atoms with Crippen molar-refractivity contribution in [2.24, 2.45) is 16.0 Å². The van der Waals surface area contributed by atoms with Gasteiger partial charge >= 0.3 is 11.4 Å². The molecule has 0 bridgehead atoms. The van der Waals surface area contributed by atoms with E-state index in [1.807, 2.05) is 12.1 Å². The first-order valence-corrected chi connectivity index (χ1v) is 13.3. The Morgan fingerprint density at radius 2 is 1.68 bits per heavy atom. The molecule has 0 radical (unpaired) electrons. The molecule has 15 heteroatoms. The van der Waals surface area contributed by atoms with Gasteiger partial charge in [-0.1, -0.05) is 24.3 Å². The highest BCUT2D eigenvalue weighted by atomic mass is 16.5. The zero-order valence-electron chi connectivity index (χ0n) is 23.0. The molecule has 44 heavy (non-hydrogen) atoms. The molecular weight excluding hydrogens is 564 g/mol. The summed E-state index contributed by atoms with van der Waals surface area (Å²) < 4.78 is 8.67. The molecule has 0 fully saturated rings. The van der Waals surface area contributed by atoms with Crippen molar-refractivity contribution in [3.05, 3.63) is 94.7 Å². The molecule has 3 heterocycles. The van der Waals surface area contributed by atoms with Crippen LogP contribution in [0.15, 0.2) is 83.3 Å². The van der Waals surface area contributed by atoms with Gasteiger partial charge in [0.2, 0.25) is 11.8 Å². The summed E-state index contributed by atoms with van der Waals surface area (Å²) in [6.45, 7) is 1.07. The van der Waals surface area contributed by atoms with Gasteiger partial charge in [-0.3, -0.25) is 0 Å². The highest BCUT2D eigenvalue weighted by Gasteiger charge is 2.31. The molecule has 218 valence electrons. The zero-order chi connectivity index (χ0) is 30.8. The zero-order valence-corrected chi connectivity index (χ0v) is 23.0. The SMILES string of the molecule is N#Cc1c(-c2cc(/N=N/c3cccc(COc4nc(N)nc5c4ncn5CCN)c3)ccc2N)[n+]([O-])c2ccccc2[n+]1[O-]. The van der Waals surface area contributed by atoms with E-state index in [2.05, 4.69) is 25.2 Å². The van der Waals surface area contributed by atoms with Gasteiger partial charge in [0.05, 0.1) is 23.3 Å². The van der Waals surface area contributed by atoms with Crippen LogP contribution < -0.4 is 31.4 Å². The Balaban J connectivity index is 1.27. The number of benzene rings is 3. The number of hydrogen-bond donors (Lipinski definition) is 3. The summed E-state index contributed by atoms with van der Waals surface area (Å²) in [5, 5.41) is 44.6. The molecular formula is C29H24N12O3. The number of anilines is 2. The van der Waals surface area contributed by atoms with Crippen LogP contribution in [0.3, 0.4) is 0 Å². The smallest absolute Gasteiger partial charge is 0.369 e. The Hall–Kier alpha value is -6.40. The second-order valence-corrected chi connectivity index (χ2v) is 9.60. The lowest BCUT2D eigenvalue weighted by atomic mass is 10.1. The minimum Gasteiger partial charge on any atom is -0.617 e. The van der Waals surface area contributed by atoms with Gasteiger partial charge in [0.15, 0.2) is 17.2 Å². The minimum absolute atomic E-state index is 0.0508. The molecule has 0 aliphatic heterocycles. The first kappa shape index (κ1) is 27.8. The van der Waals surface area contributed by atoms with Gasteiger partial charge in [-0.2, -0.15) is 30.2 Å². The van der Waals surface area contributed by atoms with Crippen LogP contribution in [-0.4, -0.2) is 26.1 Å². The Morgan fingerprint density at radius 3 is 2.43 bits per heavy atom. The Bertz CT molecular complexity index is 2120. The quantitative estimate of drug-likeness (QED) is 0.102. The van der Waals surface area contributed by atoms with Crippen molar-refractivity contribution in [2.75, 3.05) is 18.0 Å². The summed E-state index contributed by atoms with van der Waals surface area (Å²) in [7, 11) is 0. The number of nitrogens with zero attached hydrogens (tertiary/aromatic N) is 9. The Kier molecular flexibility index (Phi) is 7.23. The molecule has 0 unspecified atom stereocenters. The molecule has 0 spiro atoms. The molecule has 15 nitrogen and oxygen atoms in total. The fraction of sp³-hybridized carbons (Fsp3) is 0.103. The third kappa shape index (κ3) is 5.08. The van der Waals surface area contributed by atoms with Crippen LogP contribution in [0.25, 0.3) is 33.5 Å². The minimum atomic E-state index is -0.388. The summed E-state index contributed by atoms with van der Waals surface area (Å²) in [4.78, 5) is 12.8. The van der Waals surface area contributed by atoms with Crippen LogP contribution in [0.5, 0.6) is 5.88 Å². The van der Waals surface area contributed by atoms with E-state index in [-0.39, 0.29) is 52.1 Å². The van der Waals surface area contributed by atoms with Crippen molar-refractivity contribution in [1.82, 2.24) is 19.5 Å². The average molecular weight is 589 g/mol. The van der Waals surface area contributed by atoms with Crippen LogP contribution in [-0.2, 0) is 13.2 Å². The number of nitrogens with two attached hydrogens (primary N) is 3. The summed E-state index contributed by atoms with van der Waals surface area (Å²) in [6.07, 6.45) is 1.61. The van der Waals surface area contributed by atoms with Crippen LogP contribution >= 0.6 is 0 Å². The predicted molar refractivity (Wildman–Crippen MR) is 160 cm³/mol. The fourth-order valence-corrected chi connectivity index (χ4v) is 4.70. The van der Waals surface area contributed by atoms with Crippen LogP contribution in [0.1, 0.15) is 11.3 Å². The monoisotopic (exact) mass is 588 g/mol. The van der Waals surface area contributed by atoms with Crippen LogP contribution in [0.4, 0.5) is 23.0 Å². The van der Waals surface area contributed by atoms with E-state index in [1.165, 1.54) is 24.3 Å². The average Bonchev–Trinajstić information content (AvgIpc) is 3.44. The summed E-state index contributed by atoms with van der Waals surface area (Å²) in [5.41, 5.74) is 20.3. The molecule has 0 saturated heterocycles. The number of imidazole rings is 1. The van der Waals surface area contributed by atoms with E-state index in [9.17, 15) is 15.7 Å². The largest absolute Gasteiger partial charge is 0.617 e. The van der Waals surface area contributed by atoms with Crippen LogP contribution in [0, 0.1) is 21.7 Å². The van der Waals surface area contributed by atoms with Gasteiger partial charge in [0.25, 0.3) is 11.0 Å². The number of para-hydroxylation sites is 2. The number of aromatic nitrogens is 6. The normalized spacial score (nSPS) is 11.4. The Labute approximate surface area is 249 Å². The number of nitriles is 1. The molecule has 0 aliphatic carbocycles. The first-order chi connectivity index (χ1) is 21.4. The van der Waals surface area contributed by atoms with Gasteiger partial charge in [0, 0.05) is 30.9 Å². The fourth-order valence-electron chi connectivity index (χ4n) is 4.70. The molecule has 3 aromatic carbocycles. The number of fused-ring (bicyclic) bond motifs is 2. The van der Waals surface area contributed by atoms with Gasteiger partial charge in [-0.05, 0) is 35.9 Å². The maximum absolute atomic E-state index is 13.3. The van der Waals surface area contributed by atoms with Crippen molar-refractivity contribution < 1.29 is 14.2 Å². The lowest BCUT2D eigenvalue weighted by molar-refractivity contribution is -0.622. The number of hydrogen-bond acceptors (Lipinski definition) is 12. The third-order valence-electron chi connectivity index (χ3n) is 6.73. The molecule has 6 N–H and O–H groups in total. The number of ether oxygens (including phenoxy) is 1. The first-order valence-electron chi connectivity index (χ1n) is 13.3. The highest BCUT2D eigenvalue weighted by Crippen LogP contribution is 2.31. The molecule has 0 aliphatic rings. The molecule has 0 saturated carbocycles. The van der Waals surface area contributed by atoms with Gasteiger partial charge in [0.1, 0.15) is 6.61 Å². The third-order valence-corrected chi connectivity index (χ3v) is 6.73. The predicted octanol–water partition coefficient (Wildman–Crippen LogP) is 2.90. The van der Waals surface area contributed by atoms with E-state index in [0.29, 0.717) is 45.1 Å². The summed E-state index contributed by atoms with van der Waals surface area (Å²) in [6, 6.07) is 19.8. The maximum Gasteiger partial charge on any atom is 0.369 e. The molecule has 0 atom stereocenters. The number of rotatable bonds is 8. The molecule has 0 amide bonds. The van der Waals surface area contributed by atoms with Crippen molar-refractivity contribution in [3.63, 3.8) is 0 Å². The van der Waals surface area contributed by atoms with E-state index < -0.39 is 0 Å². The standard InChI is InChI=1S/C29H24N12O3/c30-10-11-39-16-34-25-27(39)35-29(33)36-28(25)44-15-17-4-3-5-18(12-17)37-38-19-8-9-21(32)20(13-19)26-24(14-31)40(42)22-6-1-2-7-23(22)41(26)43/h1-9,12-13,16H,10-11,15,30,32H2,(H2,33,35,36)/b38-37+. The van der Waals surface area contributed by atoms with Crippen molar-refractivity contribution >= 4 is 45.2 Å². The highest BCUT2D eigenvalue weighted by molar-refractivity contribution is 5.80. The summed E-state index contributed by atoms with van der Waals surface area (Å²) in [5.74, 6) is 0.292. The maximum atomic E-state index is 13.3. The van der Waals surface area contributed by atoms with Crippen LogP contribution in [0.2, 0.25) is 0 Å². The Morgan fingerprint density at radius 1 is 0.932 bits per heavy atom. The van der Waals surface area contributed by atoms with Gasteiger partial charge in [-0.25, -0.2) is 4.98 Å². The lowest BCUT2D eigenvalue weighted by Gasteiger charge is -2.11. The second kappa shape index (κ2) is 11.5. The van der Waals surface area contributed by atoms with E-state index in [0.717, 1.165) is 5.56 Å². The topological polar surface area (TPSA) is 233 Å². The van der Waals surface area contributed by atoms with Crippen molar-refractivity contribution in [1.29, 1.82) is 5.26 Å². The second-order valence-electron chi connectivity index (χ2n) is 9.60. The van der Waals surface area contributed by atoms with E-state index in [1.54, 1.807) is 47.3 Å². The molecule has 3 aromatic heterocycles. The van der Waals surface area contributed by atoms with E-state index in [4.69, 9.17) is 21.9 Å². The van der Waals surface area contributed by atoms with E-state index >= 15 is 0 Å². The van der Waals surface area contributed by atoms with Crippen molar-refractivity contribution in [2.45, 2.75) is 13.2 Å². The molecule has 6 aromatic rings. The lowest BCUT2D eigenvalue weighted by Crippen LogP contribution is -2.43.